The molecule has 1 aromatic carbocycles. The van der Waals surface area contributed by atoms with E-state index < -0.39 is 12.3 Å². The van der Waals surface area contributed by atoms with Gasteiger partial charge in [-0.1, -0.05) is 0 Å². The van der Waals surface area contributed by atoms with Gasteiger partial charge in [-0.15, -0.1) is 0 Å². The fraction of sp³-hybridized carbons (Fsp3) is 0.500. The molecule has 29 heavy (non-hydrogen) atoms. The molecule has 0 spiro atoms. The normalized spacial score (nSPS) is 16.0. The van der Waals surface area contributed by atoms with Gasteiger partial charge < -0.3 is 20.1 Å². The highest BCUT2D eigenvalue weighted by Gasteiger charge is 2.27. The van der Waals surface area contributed by atoms with Crippen molar-refractivity contribution in [1.82, 2.24) is 20.4 Å². The first kappa shape index (κ1) is 21.2. The van der Waals surface area contributed by atoms with Crippen molar-refractivity contribution in [2.45, 2.75) is 39.5 Å². The van der Waals surface area contributed by atoms with Crippen molar-refractivity contribution < 1.29 is 18.7 Å². The van der Waals surface area contributed by atoms with E-state index in [0.717, 1.165) is 24.2 Å². The Kier molecular flexibility index (Phi) is 6.51. The molecule has 3 N–H and O–H groups in total. The number of benzene rings is 1. The lowest BCUT2D eigenvalue weighted by Crippen LogP contribution is -2.37. The van der Waals surface area contributed by atoms with Crippen molar-refractivity contribution in [3.63, 3.8) is 0 Å². The van der Waals surface area contributed by atoms with Crippen molar-refractivity contribution >= 4 is 11.8 Å². The number of anilines is 1. The number of ether oxygens (including phenoxy) is 2. The molecule has 1 aromatic heterocycles. The number of amides is 2. The Morgan fingerprint density at radius 2 is 2.00 bits per heavy atom. The molecular formula is C20H28FN5O3. The van der Waals surface area contributed by atoms with Crippen LogP contribution in [0.25, 0.3) is 5.69 Å². The highest BCUT2D eigenvalue weighted by atomic mass is 19.1. The largest absolute Gasteiger partial charge is 0.354 e. The van der Waals surface area contributed by atoms with Gasteiger partial charge in [0, 0.05) is 38.8 Å². The molecule has 2 aromatic rings. The van der Waals surface area contributed by atoms with Crippen LogP contribution in [0.1, 0.15) is 35.3 Å². The average Bonchev–Trinajstić information content (AvgIpc) is 3.06. The third-order valence-electron chi connectivity index (χ3n) is 5.10. The monoisotopic (exact) mass is 405 g/mol. The lowest BCUT2D eigenvalue weighted by atomic mass is 10.0. The second-order valence-electron chi connectivity index (χ2n) is 7.18. The van der Waals surface area contributed by atoms with Crippen molar-refractivity contribution in [2.24, 2.45) is 0 Å². The molecule has 1 aliphatic rings. The van der Waals surface area contributed by atoms with Crippen molar-refractivity contribution in [2.75, 3.05) is 32.6 Å². The van der Waals surface area contributed by atoms with E-state index in [-0.39, 0.29) is 18.4 Å². The van der Waals surface area contributed by atoms with Crippen LogP contribution in [0.4, 0.5) is 15.0 Å². The van der Waals surface area contributed by atoms with Gasteiger partial charge in [0.2, 0.25) is 0 Å². The summed E-state index contributed by atoms with van der Waals surface area (Å²) in [5.74, 6) is 0.326. The van der Waals surface area contributed by atoms with E-state index in [1.807, 2.05) is 6.92 Å². The highest BCUT2D eigenvalue weighted by molar-refractivity contribution is 5.90. The van der Waals surface area contributed by atoms with Crippen LogP contribution in [0.5, 0.6) is 0 Å². The third-order valence-corrected chi connectivity index (χ3v) is 5.10. The Hall–Kier alpha value is -2.49. The van der Waals surface area contributed by atoms with Crippen LogP contribution in [0.3, 0.4) is 0 Å². The maximum absolute atomic E-state index is 14.1. The summed E-state index contributed by atoms with van der Waals surface area (Å²) in [4.78, 5) is 12.6. The van der Waals surface area contributed by atoms with E-state index in [1.54, 1.807) is 30.7 Å². The second-order valence-corrected chi connectivity index (χ2v) is 7.18. The molecule has 158 valence electrons. The van der Waals surface area contributed by atoms with Gasteiger partial charge in [-0.3, -0.25) is 5.32 Å². The van der Waals surface area contributed by atoms with E-state index in [2.05, 4.69) is 16.0 Å². The first-order valence-corrected chi connectivity index (χ1v) is 9.58. The zero-order valence-electron chi connectivity index (χ0n) is 17.4. The molecule has 0 fully saturated rings. The van der Waals surface area contributed by atoms with Gasteiger partial charge in [0.1, 0.15) is 11.6 Å². The minimum Gasteiger partial charge on any atom is -0.354 e. The molecule has 1 atom stereocenters. The van der Waals surface area contributed by atoms with Crippen LogP contribution in [-0.2, 0) is 15.9 Å². The zero-order valence-corrected chi connectivity index (χ0v) is 17.4. The first-order valence-electron chi connectivity index (χ1n) is 9.58. The summed E-state index contributed by atoms with van der Waals surface area (Å²) in [5, 5.41) is 13.8. The number of aromatic nitrogens is 2. The predicted octanol–water partition coefficient (Wildman–Crippen LogP) is 2.58. The van der Waals surface area contributed by atoms with Crippen LogP contribution < -0.4 is 16.0 Å². The quantitative estimate of drug-likeness (QED) is 0.643. The minimum atomic E-state index is -0.539. The second kappa shape index (κ2) is 8.89. The molecule has 0 radical (unpaired) electrons. The molecule has 2 amide bonds. The molecule has 0 saturated carbocycles. The Balaban J connectivity index is 1.96. The number of nitrogens with zero attached hydrogens (tertiary/aromatic N) is 2. The van der Waals surface area contributed by atoms with Crippen LogP contribution in [0.15, 0.2) is 12.1 Å². The van der Waals surface area contributed by atoms with E-state index in [9.17, 15) is 9.18 Å². The fourth-order valence-corrected chi connectivity index (χ4v) is 3.57. The van der Waals surface area contributed by atoms with Gasteiger partial charge in [-0.25, -0.2) is 13.9 Å². The average molecular weight is 405 g/mol. The Labute approximate surface area is 169 Å². The molecule has 0 bridgehead atoms. The van der Waals surface area contributed by atoms with Gasteiger partial charge in [-0.2, -0.15) is 5.10 Å². The first-order chi connectivity index (χ1) is 13.8. The van der Waals surface area contributed by atoms with Gasteiger partial charge in [0.05, 0.1) is 17.9 Å². The molecule has 3 rings (SSSR count). The summed E-state index contributed by atoms with van der Waals surface area (Å²) < 4.78 is 26.0. The maximum atomic E-state index is 14.1. The topological polar surface area (TPSA) is 89.4 Å². The summed E-state index contributed by atoms with van der Waals surface area (Å²) in [5.41, 5.74) is 3.60. The standard InChI is InChI=1S/C20H28FN5O3/c1-11-8-14(9-12(2)18(11)21)26-19(17-13(3)22-7-6-15(17)25-26)24-20(27)23-10-16(28-4)29-5/h8-9,13,16,22H,6-7,10H2,1-5H3,(H2,23,24,27)/t13-/m0/s1. The Bertz CT molecular complexity index is 871. The third kappa shape index (κ3) is 4.42. The smallest absolute Gasteiger partial charge is 0.320 e. The summed E-state index contributed by atoms with van der Waals surface area (Å²) in [6, 6.07) is 3.08. The molecule has 2 heterocycles. The lowest BCUT2D eigenvalue weighted by molar-refractivity contribution is -0.0970. The molecule has 8 nitrogen and oxygen atoms in total. The maximum Gasteiger partial charge on any atom is 0.320 e. The molecular weight excluding hydrogens is 377 g/mol. The van der Waals surface area contributed by atoms with Gasteiger partial charge in [-0.05, 0) is 44.0 Å². The molecule has 0 aliphatic carbocycles. The molecule has 0 unspecified atom stereocenters. The summed E-state index contributed by atoms with van der Waals surface area (Å²) in [6.07, 6.45) is 0.208. The number of halogens is 1. The molecule has 0 saturated heterocycles. The zero-order chi connectivity index (χ0) is 21.1. The van der Waals surface area contributed by atoms with E-state index in [1.165, 1.54) is 14.2 Å². The highest BCUT2D eigenvalue weighted by Crippen LogP contribution is 2.32. The Morgan fingerprint density at radius 3 is 2.62 bits per heavy atom. The number of aryl methyl sites for hydroxylation is 2. The minimum absolute atomic E-state index is 0.0242. The lowest BCUT2D eigenvalue weighted by Gasteiger charge is -2.21. The predicted molar refractivity (Wildman–Crippen MR) is 108 cm³/mol. The number of fused-ring (bicyclic) bond motifs is 1. The summed E-state index contributed by atoms with van der Waals surface area (Å²) in [6.45, 7) is 6.46. The van der Waals surface area contributed by atoms with Crippen molar-refractivity contribution in [3.8, 4) is 5.69 Å². The fourth-order valence-electron chi connectivity index (χ4n) is 3.57. The van der Waals surface area contributed by atoms with Crippen LogP contribution >= 0.6 is 0 Å². The SMILES string of the molecule is COC(CNC(=O)Nc1c2c(nn1-c1cc(C)c(F)c(C)c1)CCN[C@H]2C)OC. The number of hydrogen-bond donors (Lipinski definition) is 3. The van der Waals surface area contributed by atoms with Gasteiger partial charge in [0.15, 0.2) is 6.29 Å². The number of urea groups is 1. The molecule has 1 aliphatic heterocycles. The number of carbonyl (C=O) groups excluding carboxylic acids is 1. The summed E-state index contributed by atoms with van der Waals surface area (Å²) >= 11 is 0. The number of carbonyl (C=O) groups is 1. The van der Waals surface area contributed by atoms with E-state index >= 15 is 0 Å². The molecule has 9 heteroatoms. The van der Waals surface area contributed by atoms with Crippen molar-refractivity contribution in [1.29, 1.82) is 0 Å². The van der Waals surface area contributed by atoms with Crippen LogP contribution in [0.2, 0.25) is 0 Å². The van der Waals surface area contributed by atoms with Gasteiger partial charge >= 0.3 is 6.03 Å². The van der Waals surface area contributed by atoms with Crippen LogP contribution in [0, 0.1) is 19.7 Å². The summed E-state index contributed by atoms with van der Waals surface area (Å²) in [7, 11) is 3.01. The van der Waals surface area contributed by atoms with Gasteiger partial charge in [0.25, 0.3) is 0 Å². The number of hydrogen-bond acceptors (Lipinski definition) is 5. The number of methoxy groups -OCH3 is 2. The van der Waals surface area contributed by atoms with E-state index in [0.29, 0.717) is 22.6 Å². The number of rotatable bonds is 6. The Morgan fingerprint density at radius 1 is 1.34 bits per heavy atom. The van der Waals surface area contributed by atoms with Crippen molar-refractivity contribution in [3.05, 3.63) is 40.3 Å². The number of nitrogens with one attached hydrogen (secondary N) is 3. The van der Waals surface area contributed by atoms with Crippen LogP contribution in [-0.4, -0.2) is 49.4 Å². The van der Waals surface area contributed by atoms with E-state index in [4.69, 9.17) is 14.6 Å².